The lowest BCUT2D eigenvalue weighted by Gasteiger charge is -2.04. The fourth-order valence-electron chi connectivity index (χ4n) is 1.35. The molecule has 0 amide bonds. The highest BCUT2D eigenvalue weighted by Gasteiger charge is 2.15. The number of esters is 1. The summed E-state index contributed by atoms with van der Waals surface area (Å²) in [6, 6.07) is 0. The van der Waals surface area contributed by atoms with Crippen LogP contribution < -0.4 is 5.73 Å². The van der Waals surface area contributed by atoms with Gasteiger partial charge in [-0.25, -0.2) is 9.78 Å². The van der Waals surface area contributed by atoms with E-state index in [2.05, 4.69) is 16.0 Å². The van der Waals surface area contributed by atoms with Crippen LogP contribution in [0.3, 0.4) is 0 Å². The summed E-state index contributed by atoms with van der Waals surface area (Å²) in [6.07, 6.45) is 5.83. The number of methoxy groups -OCH3 is 1. The molecule has 0 saturated heterocycles. The van der Waals surface area contributed by atoms with Gasteiger partial charge in [-0.15, -0.1) is 0 Å². The number of thioether (sulfide) groups is 1. The number of carbonyl (C=O) groups excluding carboxylic acids is 1. The van der Waals surface area contributed by atoms with Crippen LogP contribution in [0.15, 0.2) is 6.33 Å². The third kappa shape index (κ3) is 3.16. The smallest absolute Gasteiger partial charge is 0.360 e. The van der Waals surface area contributed by atoms with Crippen LogP contribution in [0, 0.1) is 0 Å². The van der Waals surface area contributed by atoms with E-state index in [0.717, 1.165) is 25.1 Å². The van der Waals surface area contributed by atoms with Crippen LogP contribution in [0.2, 0.25) is 0 Å². The molecular weight excluding hydrogens is 226 g/mol. The molecule has 0 unspecified atom stereocenters. The third-order valence-electron chi connectivity index (χ3n) is 2.25. The average molecular weight is 243 g/mol. The van der Waals surface area contributed by atoms with E-state index >= 15 is 0 Å². The van der Waals surface area contributed by atoms with Crippen molar-refractivity contribution >= 4 is 23.5 Å². The SMILES string of the molecule is COC(=O)c1ncn(CCCCSC)c1N. The fraction of sp³-hybridized carbons (Fsp3) is 0.600. The molecule has 0 atom stereocenters. The number of aromatic nitrogens is 2. The number of unbranched alkanes of at least 4 members (excludes halogenated alkanes) is 1. The first-order chi connectivity index (χ1) is 7.70. The summed E-state index contributed by atoms with van der Waals surface area (Å²) in [5.74, 6) is 1.04. The van der Waals surface area contributed by atoms with E-state index < -0.39 is 5.97 Å². The molecule has 2 N–H and O–H groups in total. The molecule has 1 heterocycles. The van der Waals surface area contributed by atoms with E-state index in [4.69, 9.17) is 5.73 Å². The predicted octanol–water partition coefficient (Wildman–Crippen LogP) is 1.40. The topological polar surface area (TPSA) is 70.1 Å². The van der Waals surface area contributed by atoms with E-state index in [1.54, 1.807) is 10.9 Å². The number of nitrogens with zero attached hydrogens (tertiary/aromatic N) is 2. The Morgan fingerprint density at radius 2 is 2.38 bits per heavy atom. The van der Waals surface area contributed by atoms with Crippen molar-refractivity contribution in [1.29, 1.82) is 0 Å². The van der Waals surface area contributed by atoms with Gasteiger partial charge < -0.3 is 15.0 Å². The third-order valence-corrected chi connectivity index (χ3v) is 2.95. The molecule has 1 rings (SSSR count). The molecule has 1 aromatic heterocycles. The molecule has 5 nitrogen and oxygen atoms in total. The molecule has 0 radical (unpaired) electrons. The second-order valence-electron chi connectivity index (χ2n) is 3.36. The second kappa shape index (κ2) is 6.42. The number of hydrogen-bond acceptors (Lipinski definition) is 5. The minimum Gasteiger partial charge on any atom is -0.464 e. The number of ether oxygens (including phenoxy) is 1. The average Bonchev–Trinajstić information content (AvgIpc) is 2.65. The highest BCUT2D eigenvalue weighted by molar-refractivity contribution is 7.98. The van der Waals surface area contributed by atoms with Crippen LogP contribution in [-0.2, 0) is 11.3 Å². The first-order valence-corrected chi connectivity index (χ1v) is 6.48. The number of nitrogens with two attached hydrogens (primary N) is 1. The number of nitrogen functional groups attached to an aromatic ring is 1. The second-order valence-corrected chi connectivity index (χ2v) is 4.35. The number of anilines is 1. The standard InChI is InChI=1S/C10H17N3O2S/c1-15-10(14)8-9(11)13(7-12-8)5-3-4-6-16-2/h7H,3-6,11H2,1-2H3. The summed E-state index contributed by atoms with van der Waals surface area (Å²) in [7, 11) is 1.32. The van der Waals surface area contributed by atoms with Gasteiger partial charge in [-0.1, -0.05) is 0 Å². The Hall–Kier alpha value is -1.17. The normalized spacial score (nSPS) is 10.4. The molecular formula is C10H17N3O2S. The van der Waals surface area contributed by atoms with Gasteiger partial charge in [-0.2, -0.15) is 11.8 Å². The van der Waals surface area contributed by atoms with Crippen LogP contribution in [-0.4, -0.2) is 34.6 Å². The predicted molar refractivity (Wildman–Crippen MR) is 65.6 cm³/mol. The number of carbonyl (C=O) groups is 1. The maximum Gasteiger partial charge on any atom is 0.360 e. The van der Waals surface area contributed by atoms with Gasteiger partial charge in [0, 0.05) is 6.54 Å². The summed E-state index contributed by atoms with van der Waals surface area (Å²) in [6.45, 7) is 0.788. The van der Waals surface area contributed by atoms with E-state index in [0.29, 0.717) is 5.82 Å². The van der Waals surface area contributed by atoms with Crippen LogP contribution in [0.5, 0.6) is 0 Å². The lowest BCUT2D eigenvalue weighted by molar-refractivity contribution is 0.0596. The van der Waals surface area contributed by atoms with Gasteiger partial charge in [0.2, 0.25) is 0 Å². The summed E-state index contributed by atoms with van der Waals surface area (Å²) in [5.41, 5.74) is 5.99. The lowest BCUT2D eigenvalue weighted by atomic mass is 10.3. The quantitative estimate of drug-likeness (QED) is 0.604. The van der Waals surface area contributed by atoms with Gasteiger partial charge in [-0.05, 0) is 24.9 Å². The Kier molecular flexibility index (Phi) is 5.18. The highest BCUT2D eigenvalue weighted by Crippen LogP contribution is 2.12. The monoisotopic (exact) mass is 243 g/mol. The molecule has 0 aliphatic rings. The highest BCUT2D eigenvalue weighted by atomic mass is 32.2. The molecule has 0 aliphatic carbocycles. The number of hydrogen-bond donors (Lipinski definition) is 1. The zero-order valence-corrected chi connectivity index (χ0v) is 10.4. The van der Waals surface area contributed by atoms with Crippen molar-refractivity contribution in [1.82, 2.24) is 9.55 Å². The van der Waals surface area contributed by atoms with E-state index in [-0.39, 0.29) is 5.69 Å². The van der Waals surface area contributed by atoms with Gasteiger partial charge in [0.1, 0.15) is 5.82 Å². The number of aryl methyl sites for hydroxylation is 1. The number of rotatable bonds is 6. The van der Waals surface area contributed by atoms with E-state index in [1.165, 1.54) is 7.11 Å². The first kappa shape index (κ1) is 12.9. The molecule has 0 fully saturated rings. The van der Waals surface area contributed by atoms with Crippen LogP contribution in [0.4, 0.5) is 5.82 Å². The van der Waals surface area contributed by atoms with Crippen molar-refractivity contribution < 1.29 is 9.53 Å². The Bertz CT molecular complexity index is 352. The molecule has 0 aromatic carbocycles. The fourth-order valence-corrected chi connectivity index (χ4v) is 1.85. The molecule has 0 bridgehead atoms. The lowest BCUT2D eigenvalue weighted by Crippen LogP contribution is -2.08. The molecule has 0 saturated carbocycles. The molecule has 6 heteroatoms. The van der Waals surface area contributed by atoms with Crippen LogP contribution in [0.25, 0.3) is 0 Å². The van der Waals surface area contributed by atoms with Crippen molar-refractivity contribution in [3.8, 4) is 0 Å². The summed E-state index contributed by atoms with van der Waals surface area (Å²) < 4.78 is 6.36. The first-order valence-electron chi connectivity index (χ1n) is 5.08. The van der Waals surface area contributed by atoms with Gasteiger partial charge in [0.25, 0.3) is 0 Å². The van der Waals surface area contributed by atoms with Gasteiger partial charge in [0.15, 0.2) is 5.69 Å². The molecule has 0 aliphatic heterocycles. The zero-order chi connectivity index (χ0) is 12.0. The Labute approximate surface area is 99.4 Å². The Morgan fingerprint density at radius 1 is 1.62 bits per heavy atom. The summed E-state index contributed by atoms with van der Waals surface area (Å²) in [4.78, 5) is 15.2. The van der Waals surface area contributed by atoms with Crippen molar-refractivity contribution in [2.75, 3.05) is 24.9 Å². The van der Waals surface area contributed by atoms with Crippen molar-refractivity contribution in [3.05, 3.63) is 12.0 Å². The van der Waals surface area contributed by atoms with Gasteiger partial charge in [-0.3, -0.25) is 0 Å². The van der Waals surface area contributed by atoms with E-state index in [9.17, 15) is 4.79 Å². The van der Waals surface area contributed by atoms with Gasteiger partial charge in [0.05, 0.1) is 13.4 Å². The van der Waals surface area contributed by atoms with Crippen LogP contribution in [0.1, 0.15) is 23.3 Å². The van der Waals surface area contributed by atoms with Crippen molar-refractivity contribution in [2.45, 2.75) is 19.4 Å². The minimum atomic E-state index is -0.486. The maximum atomic E-state index is 11.2. The summed E-state index contributed by atoms with van der Waals surface area (Å²) >= 11 is 1.82. The Morgan fingerprint density at radius 3 is 3.00 bits per heavy atom. The molecule has 1 aromatic rings. The maximum absolute atomic E-state index is 11.2. The molecule has 16 heavy (non-hydrogen) atoms. The zero-order valence-electron chi connectivity index (χ0n) is 9.60. The Balaban J connectivity index is 2.55. The largest absolute Gasteiger partial charge is 0.464 e. The summed E-state index contributed by atoms with van der Waals surface area (Å²) in [5, 5.41) is 0. The van der Waals surface area contributed by atoms with Crippen LogP contribution >= 0.6 is 11.8 Å². The van der Waals surface area contributed by atoms with Crippen molar-refractivity contribution in [2.24, 2.45) is 0 Å². The minimum absolute atomic E-state index is 0.201. The molecule has 90 valence electrons. The van der Waals surface area contributed by atoms with E-state index in [1.807, 2.05) is 11.8 Å². The van der Waals surface area contributed by atoms with Crippen molar-refractivity contribution in [3.63, 3.8) is 0 Å². The molecule has 0 spiro atoms. The number of imidazole rings is 1. The van der Waals surface area contributed by atoms with Gasteiger partial charge >= 0.3 is 5.97 Å².